The summed E-state index contributed by atoms with van der Waals surface area (Å²) < 4.78 is 10.4. The minimum atomic E-state index is -0.183. The fraction of sp³-hybridized carbons (Fsp3) is 0.364. The third-order valence-electron chi connectivity index (χ3n) is 2.06. The molecule has 1 aromatic carbocycles. The van der Waals surface area contributed by atoms with Gasteiger partial charge in [0.2, 0.25) is 0 Å². The van der Waals surface area contributed by atoms with Crippen molar-refractivity contribution >= 4 is 5.91 Å². The molecule has 0 saturated carbocycles. The summed E-state index contributed by atoms with van der Waals surface area (Å²) in [6, 6.07) is 5.32. The number of benzene rings is 1. The molecule has 5 heteroatoms. The average Bonchev–Trinajstić information content (AvgIpc) is 2.35. The van der Waals surface area contributed by atoms with Gasteiger partial charge in [0.15, 0.2) is 6.61 Å². The summed E-state index contributed by atoms with van der Waals surface area (Å²) in [5.41, 5.74) is 6.43. The van der Waals surface area contributed by atoms with Gasteiger partial charge in [0.1, 0.15) is 11.5 Å². The first kappa shape index (κ1) is 12.3. The van der Waals surface area contributed by atoms with Crippen LogP contribution in [0.25, 0.3) is 0 Å². The molecule has 0 aliphatic heterocycles. The van der Waals surface area contributed by atoms with Gasteiger partial charge in [-0.3, -0.25) is 4.79 Å². The van der Waals surface area contributed by atoms with Crippen molar-refractivity contribution in [1.29, 1.82) is 0 Å². The predicted molar refractivity (Wildman–Crippen MR) is 60.4 cm³/mol. The monoisotopic (exact) mass is 224 g/mol. The molecular weight excluding hydrogens is 208 g/mol. The molecule has 0 saturated heterocycles. The van der Waals surface area contributed by atoms with Crippen LogP contribution in [0.15, 0.2) is 18.2 Å². The van der Waals surface area contributed by atoms with Gasteiger partial charge in [-0.05, 0) is 17.7 Å². The molecule has 0 aliphatic carbocycles. The summed E-state index contributed by atoms with van der Waals surface area (Å²) in [4.78, 5) is 11.0. The number of likely N-dealkylation sites (N-methyl/N-ethyl adjacent to an activating group) is 1. The van der Waals surface area contributed by atoms with Crippen LogP contribution in [0.5, 0.6) is 11.5 Å². The Labute approximate surface area is 94.5 Å². The molecule has 1 rings (SSSR count). The van der Waals surface area contributed by atoms with E-state index in [2.05, 4.69) is 5.32 Å². The maximum atomic E-state index is 11.0. The van der Waals surface area contributed by atoms with E-state index in [4.69, 9.17) is 15.2 Å². The number of hydrogen-bond donors (Lipinski definition) is 2. The molecule has 0 aromatic heterocycles. The first-order valence-corrected chi connectivity index (χ1v) is 4.91. The predicted octanol–water partition coefficient (Wildman–Crippen LogP) is 0.279. The second-order valence-corrected chi connectivity index (χ2v) is 3.18. The Kier molecular flexibility index (Phi) is 4.60. The summed E-state index contributed by atoms with van der Waals surface area (Å²) in [5, 5.41) is 2.47. The largest absolute Gasteiger partial charge is 0.497 e. The summed E-state index contributed by atoms with van der Waals surface area (Å²) in [7, 11) is 3.13. The minimum Gasteiger partial charge on any atom is -0.497 e. The van der Waals surface area contributed by atoms with Crippen LogP contribution < -0.4 is 20.5 Å². The molecule has 88 valence electrons. The molecule has 1 amide bonds. The van der Waals surface area contributed by atoms with Crippen molar-refractivity contribution in [2.75, 3.05) is 20.8 Å². The number of methoxy groups -OCH3 is 1. The van der Waals surface area contributed by atoms with E-state index in [0.717, 1.165) is 5.56 Å². The van der Waals surface area contributed by atoms with E-state index in [1.165, 1.54) is 0 Å². The molecule has 0 heterocycles. The van der Waals surface area contributed by atoms with E-state index in [9.17, 15) is 4.79 Å². The van der Waals surface area contributed by atoms with Crippen molar-refractivity contribution in [3.05, 3.63) is 23.8 Å². The van der Waals surface area contributed by atoms with Gasteiger partial charge in [-0.15, -0.1) is 0 Å². The lowest BCUT2D eigenvalue weighted by molar-refractivity contribution is -0.122. The van der Waals surface area contributed by atoms with Crippen molar-refractivity contribution in [1.82, 2.24) is 5.32 Å². The maximum absolute atomic E-state index is 11.0. The highest BCUT2D eigenvalue weighted by Gasteiger charge is 2.03. The van der Waals surface area contributed by atoms with Crippen LogP contribution in [0, 0.1) is 0 Å². The van der Waals surface area contributed by atoms with E-state index in [-0.39, 0.29) is 12.5 Å². The van der Waals surface area contributed by atoms with Gasteiger partial charge in [0.05, 0.1) is 7.11 Å². The Balaban J connectivity index is 2.74. The molecule has 0 spiro atoms. The molecule has 16 heavy (non-hydrogen) atoms. The quantitative estimate of drug-likeness (QED) is 0.753. The van der Waals surface area contributed by atoms with Crippen molar-refractivity contribution in [3.63, 3.8) is 0 Å². The standard InChI is InChI=1S/C11H16N2O3/c1-13-11(14)7-16-10-4-8(6-12)3-9(5-10)15-2/h3-5H,6-7,12H2,1-2H3,(H,13,14). The highest BCUT2D eigenvalue weighted by atomic mass is 16.5. The zero-order valence-electron chi connectivity index (χ0n) is 9.45. The second-order valence-electron chi connectivity index (χ2n) is 3.18. The Bertz CT molecular complexity index is 344. The molecule has 0 atom stereocenters. The van der Waals surface area contributed by atoms with Crippen LogP contribution in [0.4, 0.5) is 0 Å². The smallest absolute Gasteiger partial charge is 0.257 e. The van der Waals surface area contributed by atoms with E-state index >= 15 is 0 Å². The Morgan fingerprint density at radius 1 is 1.38 bits per heavy atom. The highest BCUT2D eigenvalue weighted by molar-refractivity contribution is 5.77. The molecule has 0 aliphatic rings. The van der Waals surface area contributed by atoms with E-state index in [1.807, 2.05) is 6.07 Å². The number of carbonyl (C=O) groups is 1. The molecule has 3 N–H and O–H groups in total. The van der Waals surface area contributed by atoms with Crippen molar-refractivity contribution in [2.45, 2.75) is 6.54 Å². The molecule has 0 radical (unpaired) electrons. The van der Waals surface area contributed by atoms with Gasteiger partial charge < -0.3 is 20.5 Å². The molecule has 5 nitrogen and oxygen atoms in total. The van der Waals surface area contributed by atoms with Crippen molar-refractivity contribution in [3.8, 4) is 11.5 Å². The van der Waals surface area contributed by atoms with Gasteiger partial charge in [0, 0.05) is 19.7 Å². The number of nitrogens with two attached hydrogens (primary N) is 1. The summed E-state index contributed by atoms with van der Waals surface area (Å²) in [5.74, 6) is 1.05. The van der Waals surface area contributed by atoms with Crippen LogP contribution in [-0.2, 0) is 11.3 Å². The van der Waals surface area contributed by atoms with Crippen molar-refractivity contribution in [2.24, 2.45) is 5.73 Å². The van der Waals surface area contributed by atoms with E-state index < -0.39 is 0 Å². The Morgan fingerprint density at radius 3 is 2.62 bits per heavy atom. The topological polar surface area (TPSA) is 73.6 Å². The minimum absolute atomic E-state index is 0.0202. The summed E-state index contributed by atoms with van der Waals surface area (Å²) >= 11 is 0. The number of amides is 1. The highest BCUT2D eigenvalue weighted by Crippen LogP contribution is 2.22. The number of rotatable bonds is 5. The number of ether oxygens (including phenoxy) is 2. The molecule has 0 fully saturated rings. The van der Waals surface area contributed by atoms with Gasteiger partial charge in [-0.25, -0.2) is 0 Å². The maximum Gasteiger partial charge on any atom is 0.257 e. The van der Waals surface area contributed by atoms with E-state index in [0.29, 0.717) is 18.0 Å². The first-order valence-electron chi connectivity index (χ1n) is 4.91. The van der Waals surface area contributed by atoms with Crippen LogP contribution in [0.2, 0.25) is 0 Å². The van der Waals surface area contributed by atoms with Crippen LogP contribution in [0.1, 0.15) is 5.56 Å². The molecule has 1 aromatic rings. The Hall–Kier alpha value is -1.75. The van der Waals surface area contributed by atoms with E-state index in [1.54, 1.807) is 26.3 Å². The zero-order valence-corrected chi connectivity index (χ0v) is 9.45. The van der Waals surface area contributed by atoms with Crippen LogP contribution in [0.3, 0.4) is 0 Å². The SMILES string of the molecule is CNC(=O)COc1cc(CN)cc(OC)c1. The lowest BCUT2D eigenvalue weighted by Crippen LogP contribution is -2.24. The van der Waals surface area contributed by atoms with Crippen LogP contribution >= 0.6 is 0 Å². The molecule has 0 unspecified atom stereocenters. The van der Waals surface area contributed by atoms with Crippen molar-refractivity contribution < 1.29 is 14.3 Å². The molecular formula is C11H16N2O3. The summed E-state index contributed by atoms with van der Waals surface area (Å²) in [6.07, 6.45) is 0. The van der Waals surface area contributed by atoms with Crippen LogP contribution in [-0.4, -0.2) is 26.7 Å². The lowest BCUT2D eigenvalue weighted by atomic mass is 10.2. The average molecular weight is 224 g/mol. The first-order chi connectivity index (χ1) is 7.69. The number of hydrogen-bond acceptors (Lipinski definition) is 4. The number of carbonyl (C=O) groups excluding carboxylic acids is 1. The Morgan fingerprint density at radius 2 is 2.06 bits per heavy atom. The fourth-order valence-electron chi connectivity index (χ4n) is 1.17. The van der Waals surface area contributed by atoms with Gasteiger partial charge >= 0.3 is 0 Å². The fourth-order valence-corrected chi connectivity index (χ4v) is 1.17. The van der Waals surface area contributed by atoms with Gasteiger partial charge in [-0.2, -0.15) is 0 Å². The molecule has 0 bridgehead atoms. The van der Waals surface area contributed by atoms with Gasteiger partial charge in [-0.1, -0.05) is 0 Å². The summed E-state index contributed by atoms with van der Waals surface area (Å²) in [6.45, 7) is 0.376. The third kappa shape index (κ3) is 3.43. The van der Waals surface area contributed by atoms with Gasteiger partial charge in [0.25, 0.3) is 5.91 Å². The third-order valence-corrected chi connectivity index (χ3v) is 2.06. The zero-order chi connectivity index (χ0) is 12.0. The number of nitrogens with one attached hydrogen (secondary N) is 1. The lowest BCUT2D eigenvalue weighted by Gasteiger charge is -2.09. The normalized spacial score (nSPS) is 9.69. The second kappa shape index (κ2) is 5.97.